The first kappa shape index (κ1) is 13.5. The zero-order valence-electron chi connectivity index (χ0n) is 9.86. The molecule has 6 heteroatoms. The Labute approximate surface area is 101 Å². The van der Waals surface area contributed by atoms with Crippen molar-refractivity contribution in [1.29, 1.82) is 0 Å². The van der Waals surface area contributed by atoms with E-state index in [9.17, 15) is 13.2 Å². The quantitative estimate of drug-likeness (QED) is 0.785. The minimum atomic E-state index is -3.30. The normalized spacial score (nSPS) is 11.2. The molecule has 1 aromatic rings. The first-order chi connectivity index (χ1) is 7.84. The van der Waals surface area contributed by atoms with Crippen LogP contribution in [0.3, 0.4) is 0 Å². The summed E-state index contributed by atoms with van der Waals surface area (Å²) >= 11 is 0. The molecule has 0 saturated heterocycles. The van der Waals surface area contributed by atoms with Gasteiger partial charge < -0.3 is 11.1 Å². The Bertz CT molecular complexity index is 524. The van der Waals surface area contributed by atoms with E-state index in [2.05, 4.69) is 5.32 Å². The van der Waals surface area contributed by atoms with Crippen LogP contribution in [0, 0.1) is 6.92 Å². The highest BCUT2D eigenvalue weighted by atomic mass is 32.2. The molecule has 94 valence electrons. The van der Waals surface area contributed by atoms with Gasteiger partial charge in [-0.1, -0.05) is 6.92 Å². The molecule has 0 heterocycles. The second-order valence-electron chi connectivity index (χ2n) is 3.80. The zero-order chi connectivity index (χ0) is 13.1. The van der Waals surface area contributed by atoms with E-state index >= 15 is 0 Å². The second-order valence-corrected chi connectivity index (χ2v) is 6.15. The van der Waals surface area contributed by atoms with E-state index in [1.165, 1.54) is 6.92 Å². The van der Waals surface area contributed by atoms with Crippen LogP contribution >= 0.6 is 0 Å². The average Bonchev–Trinajstić information content (AvgIpc) is 2.21. The van der Waals surface area contributed by atoms with Gasteiger partial charge in [-0.15, -0.1) is 0 Å². The molecule has 1 amide bonds. The van der Waals surface area contributed by atoms with Gasteiger partial charge in [0.25, 0.3) is 0 Å². The predicted molar refractivity (Wildman–Crippen MR) is 68.5 cm³/mol. The minimum absolute atomic E-state index is 0.0405. The Kier molecular flexibility index (Phi) is 4.11. The summed E-state index contributed by atoms with van der Waals surface area (Å²) in [5.41, 5.74) is 7.55. The van der Waals surface area contributed by atoms with E-state index in [0.717, 1.165) is 5.56 Å². The molecule has 17 heavy (non-hydrogen) atoms. The fourth-order valence-corrected chi connectivity index (χ4v) is 1.99. The number of carbonyl (C=O) groups is 1. The number of hydrogen-bond acceptors (Lipinski definition) is 4. The van der Waals surface area contributed by atoms with E-state index < -0.39 is 21.5 Å². The van der Waals surface area contributed by atoms with E-state index in [0.29, 0.717) is 11.4 Å². The molecule has 0 spiro atoms. The smallest absolute Gasteiger partial charge is 0.239 e. The first-order valence-electron chi connectivity index (χ1n) is 5.20. The summed E-state index contributed by atoms with van der Waals surface area (Å²) in [6.07, 6.45) is 0. The first-order valence-corrected chi connectivity index (χ1v) is 7.02. The number of nitrogens with one attached hydrogen (secondary N) is 1. The molecule has 0 aromatic heterocycles. The summed E-state index contributed by atoms with van der Waals surface area (Å²) in [4.78, 5) is 11.5. The molecule has 0 aliphatic carbocycles. The average molecular weight is 256 g/mol. The summed E-state index contributed by atoms with van der Waals surface area (Å²) in [6, 6.07) is 5.02. The van der Waals surface area contributed by atoms with Crippen molar-refractivity contribution >= 4 is 27.1 Å². The predicted octanol–water partition coefficient (Wildman–Crippen LogP) is 0.950. The van der Waals surface area contributed by atoms with Gasteiger partial charge in [0.15, 0.2) is 9.84 Å². The molecule has 0 aliphatic heterocycles. The van der Waals surface area contributed by atoms with E-state index in [4.69, 9.17) is 5.73 Å². The van der Waals surface area contributed by atoms with Gasteiger partial charge in [0, 0.05) is 17.1 Å². The van der Waals surface area contributed by atoms with Gasteiger partial charge in [0.2, 0.25) is 5.91 Å². The Morgan fingerprint density at radius 3 is 2.59 bits per heavy atom. The largest absolute Gasteiger partial charge is 0.399 e. The van der Waals surface area contributed by atoms with Crippen LogP contribution in [0.25, 0.3) is 0 Å². The highest BCUT2D eigenvalue weighted by Crippen LogP contribution is 2.17. The number of hydrogen-bond donors (Lipinski definition) is 2. The monoisotopic (exact) mass is 256 g/mol. The second kappa shape index (κ2) is 5.18. The molecule has 0 bridgehead atoms. The molecule has 0 fully saturated rings. The highest BCUT2D eigenvalue weighted by molar-refractivity contribution is 7.92. The summed E-state index contributed by atoms with van der Waals surface area (Å²) in [6.45, 7) is 3.30. The number of amides is 1. The summed E-state index contributed by atoms with van der Waals surface area (Å²) in [7, 11) is -3.30. The molecule has 0 unspecified atom stereocenters. The molecule has 0 saturated carbocycles. The molecule has 0 atom stereocenters. The minimum Gasteiger partial charge on any atom is -0.399 e. The Balaban J connectivity index is 2.75. The van der Waals surface area contributed by atoms with Crippen LogP contribution < -0.4 is 11.1 Å². The fourth-order valence-electron chi connectivity index (χ4n) is 1.32. The van der Waals surface area contributed by atoms with Crippen LogP contribution in [0.5, 0.6) is 0 Å². The number of rotatable bonds is 4. The lowest BCUT2D eigenvalue weighted by atomic mass is 10.2. The fraction of sp³-hybridized carbons (Fsp3) is 0.364. The molecular weight excluding hydrogens is 240 g/mol. The van der Waals surface area contributed by atoms with Crippen molar-refractivity contribution < 1.29 is 13.2 Å². The van der Waals surface area contributed by atoms with E-state index in [-0.39, 0.29) is 5.75 Å². The summed E-state index contributed by atoms with van der Waals surface area (Å²) < 4.78 is 22.5. The summed E-state index contributed by atoms with van der Waals surface area (Å²) in [5.74, 6) is -1.06. The maximum absolute atomic E-state index is 11.5. The van der Waals surface area contributed by atoms with Crippen molar-refractivity contribution in [3.05, 3.63) is 23.8 Å². The van der Waals surface area contributed by atoms with Gasteiger partial charge in [0.1, 0.15) is 5.75 Å². The Hall–Kier alpha value is -1.56. The van der Waals surface area contributed by atoms with E-state index in [1.54, 1.807) is 25.1 Å². The van der Waals surface area contributed by atoms with Crippen LogP contribution in [-0.4, -0.2) is 25.8 Å². The van der Waals surface area contributed by atoms with Crippen molar-refractivity contribution in [1.82, 2.24) is 0 Å². The Morgan fingerprint density at radius 2 is 2.06 bits per heavy atom. The standard InChI is InChI=1S/C11H16N2O3S/c1-3-17(15,16)7-11(14)13-10-5-4-9(12)6-8(10)2/h4-6H,3,7,12H2,1-2H3,(H,13,14). The number of benzene rings is 1. The molecule has 3 N–H and O–H groups in total. The maximum Gasteiger partial charge on any atom is 0.239 e. The van der Waals surface area contributed by atoms with Crippen molar-refractivity contribution in [3.63, 3.8) is 0 Å². The highest BCUT2D eigenvalue weighted by Gasteiger charge is 2.14. The van der Waals surface area contributed by atoms with Crippen LogP contribution in [0.1, 0.15) is 12.5 Å². The summed E-state index contributed by atoms with van der Waals surface area (Å²) in [5, 5.41) is 2.55. The van der Waals surface area contributed by atoms with Crippen LogP contribution in [0.15, 0.2) is 18.2 Å². The topological polar surface area (TPSA) is 89.3 Å². The SMILES string of the molecule is CCS(=O)(=O)CC(=O)Nc1ccc(N)cc1C. The molecule has 0 aliphatic rings. The van der Waals surface area contributed by atoms with Crippen molar-refractivity contribution in [3.8, 4) is 0 Å². The Morgan fingerprint density at radius 1 is 1.41 bits per heavy atom. The van der Waals surface area contributed by atoms with Gasteiger partial charge in [-0.05, 0) is 30.7 Å². The number of sulfone groups is 1. The zero-order valence-corrected chi connectivity index (χ0v) is 10.7. The molecular formula is C11H16N2O3S. The molecule has 1 rings (SSSR count). The van der Waals surface area contributed by atoms with Crippen molar-refractivity contribution in [2.45, 2.75) is 13.8 Å². The third kappa shape index (κ3) is 4.07. The third-order valence-corrected chi connectivity index (χ3v) is 3.90. The van der Waals surface area contributed by atoms with Gasteiger partial charge in [-0.25, -0.2) is 8.42 Å². The number of carbonyl (C=O) groups excluding carboxylic acids is 1. The van der Waals surface area contributed by atoms with Gasteiger partial charge in [0.05, 0.1) is 0 Å². The number of nitrogens with two attached hydrogens (primary N) is 1. The van der Waals surface area contributed by atoms with Crippen LogP contribution in [0.4, 0.5) is 11.4 Å². The van der Waals surface area contributed by atoms with Gasteiger partial charge in [-0.3, -0.25) is 4.79 Å². The van der Waals surface area contributed by atoms with Gasteiger partial charge in [-0.2, -0.15) is 0 Å². The lowest BCUT2D eigenvalue weighted by Gasteiger charge is -2.08. The molecule has 5 nitrogen and oxygen atoms in total. The molecule has 1 aromatic carbocycles. The van der Waals surface area contributed by atoms with E-state index in [1.807, 2.05) is 0 Å². The van der Waals surface area contributed by atoms with Crippen LogP contribution in [-0.2, 0) is 14.6 Å². The lowest BCUT2D eigenvalue weighted by Crippen LogP contribution is -2.24. The molecule has 0 radical (unpaired) electrons. The number of anilines is 2. The maximum atomic E-state index is 11.5. The van der Waals surface area contributed by atoms with Crippen molar-refractivity contribution in [2.75, 3.05) is 22.6 Å². The lowest BCUT2D eigenvalue weighted by molar-refractivity contribution is -0.113. The van der Waals surface area contributed by atoms with Gasteiger partial charge >= 0.3 is 0 Å². The van der Waals surface area contributed by atoms with Crippen LogP contribution in [0.2, 0.25) is 0 Å². The van der Waals surface area contributed by atoms with Crippen molar-refractivity contribution in [2.24, 2.45) is 0 Å². The third-order valence-electron chi connectivity index (χ3n) is 2.32. The number of nitrogen functional groups attached to an aromatic ring is 1. The number of aryl methyl sites for hydroxylation is 1.